The Morgan fingerprint density at radius 2 is 1.24 bits per heavy atom. The van der Waals surface area contributed by atoms with Crippen molar-refractivity contribution in [2.45, 2.75) is 102 Å². The van der Waals surface area contributed by atoms with E-state index >= 15 is 0 Å². The maximum absolute atomic E-state index is 10.0. The minimum atomic E-state index is -0.125. The van der Waals surface area contributed by atoms with Crippen molar-refractivity contribution in [1.82, 2.24) is 4.98 Å². The number of carbonyl (C=O) groups excluding carboxylic acids is 1. The number of hydrogen-bond donors (Lipinski definition) is 1. The van der Waals surface area contributed by atoms with Crippen molar-refractivity contribution in [2.24, 2.45) is 23.7 Å². The van der Waals surface area contributed by atoms with Crippen molar-refractivity contribution in [3.8, 4) is 11.3 Å². The van der Waals surface area contributed by atoms with E-state index < -0.39 is 0 Å². The summed E-state index contributed by atoms with van der Waals surface area (Å²) >= 11 is 0. The summed E-state index contributed by atoms with van der Waals surface area (Å²) in [4.78, 5) is 15.1. The van der Waals surface area contributed by atoms with Gasteiger partial charge < -0.3 is 10.1 Å². The predicted molar refractivity (Wildman–Crippen MR) is 147 cm³/mol. The number of carbonyl (C=O) groups is 1. The number of aliphatic hydroxyl groups excluding tert-OH is 1. The van der Waals surface area contributed by atoms with Gasteiger partial charge in [-0.15, -0.1) is 34.9 Å². The molecule has 8 aliphatic rings. The zero-order valence-electron chi connectivity index (χ0n) is 22.7. The molecule has 4 fully saturated rings. The maximum atomic E-state index is 10.0. The van der Waals surface area contributed by atoms with Gasteiger partial charge in [-0.1, -0.05) is 18.9 Å². The molecule has 1 heterocycles. The molecule has 0 aliphatic heterocycles. The van der Waals surface area contributed by atoms with Gasteiger partial charge in [0.2, 0.25) is 0 Å². The Bertz CT molecular complexity index is 1150. The van der Waals surface area contributed by atoms with Crippen LogP contribution in [0.15, 0.2) is 36.2 Å². The standard InChI is InChI=1S/C29H32N.C5H8O2.Pt/c1-2-25-21-5-16-3-17(6-21)8-22(7-16)26(25)13-20(1)29-14-27-23-9-18-4-19(10-23)12-24(11-18)28(27)15-30-29;1-4(6)3-5(2)7;/h2,13-19,21-24H,3-12H2;3,6H,1-2H3;/q-1;;. The van der Waals surface area contributed by atoms with E-state index in [1.54, 1.807) is 22.3 Å². The Balaban J connectivity index is 0.000000296. The number of nitrogens with zero attached hydrogens (tertiary/aromatic N) is 1. The van der Waals surface area contributed by atoms with Crippen LogP contribution in [0.1, 0.15) is 124 Å². The molecule has 4 heteroatoms. The van der Waals surface area contributed by atoms with Gasteiger partial charge in [0.05, 0.1) is 5.76 Å². The predicted octanol–water partition coefficient (Wildman–Crippen LogP) is 8.37. The first-order valence-corrected chi connectivity index (χ1v) is 14.8. The molecule has 1 N–H and O–H groups in total. The molecule has 38 heavy (non-hydrogen) atoms. The van der Waals surface area contributed by atoms with Crippen molar-refractivity contribution >= 4 is 5.78 Å². The zero-order chi connectivity index (χ0) is 25.3. The van der Waals surface area contributed by atoms with Gasteiger partial charge in [-0.3, -0.25) is 4.79 Å². The average molecular weight is 690 g/mol. The van der Waals surface area contributed by atoms with E-state index in [1.807, 2.05) is 0 Å². The quantitative estimate of drug-likeness (QED) is 0.196. The van der Waals surface area contributed by atoms with Gasteiger partial charge in [0.15, 0.2) is 5.78 Å². The first-order chi connectivity index (χ1) is 17.9. The molecular formula is C34H40NO2Pt-. The summed E-state index contributed by atoms with van der Waals surface area (Å²) in [5, 5.41) is 8.36. The van der Waals surface area contributed by atoms with E-state index in [1.165, 1.54) is 95.4 Å². The molecule has 3 nitrogen and oxygen atoms in total. The van der Waals surface area contributed by atoms with E-state index in [-0.39, 0.29) is 32.6 Å². The molecule has 8 bridgehead atoms. The molecule has 204 valence electrons. The summed E-state index contributed by atoms with van der Waals surface area (Å²) in [6.07, 6.45) is 17.9. The second-order valence-electron chi connectivity index (χ2n) is 13.5. The van der Waals surface area contributed by atoms with Crippen LogP contribution in [-0.2, 0) is 25.9 Å². The van der Waals surface area contributed by atoms with Crippen molar-refractivity contribution < 1.29 is 31.0 Å². The molecular weight excluding hydrogens is 649 g/mol. The van der Waals surface area contributed by atoms with Crippen LogP contribution < -0.4 is 0 Å². The van der Waals surface area contributed by atoms with E-state index in [0.29, 0.717) is 0 Å². The second kappa shape index (κ2) is 10.3. The van der Waals surface area contributed by atoms with Crippen molar-refractivity contribution in [2.75, 3.05) is 0 Å². The SMILES string of the molecule is CC(=O)C=C(C)O.[Pt].[c-]1cc2c(cc1-c1cc3c(cn1)C1CC4CC(C1)CC3C4)C1CC3CC(CC2C3)C1. The van der Waals surface area contributed by atoms with Gasteiger partial charge in [0.1, 0.15) is 0 Å². The Hall–Kier alpha value is -1.73. The van der Waals surface area contributed by atoms with Gasteiger partial charge in [0, 0.05) is 33.3 Å². The van der Waals surface area contributed by atoms with E-state index in [2.05, 4.69) is 30.5 Å². The molecule has 1 aromatic carbocycles. The Labute approximate surface area is 242 Å². The molecule has 4 atom stereocenters. The maximum Gasteiger partial charge on any atom is 0.155 e. The van der Waals surface area contributed by atoms with Crippen LogP contribution in [0.4, 0.5) is 0 Å². The molecule has 0 amide bonds. The largest absolute Gasteiger partial charge is 0.512 e. The number of pyridine rings is 1. The fraction of sp³-hybridized carbons (Fsp3) is 0.588. The molecule has 0 saturated heterocycles. The summed E-state index contributed by atoms with van der Waals surface area (Å²) in [5.41, 5.74) is 9.06. The number of hydrogen-bond acceptors (Lipinski definition) is 3. The number of rotatable bonds is 2. The number of aromatic nitrogens is 1. The molecule has 4 unspecified atom stereocenters. The van der Waals surface area contributed by atoms with Crippen LogP contribution in [0.3, 0.4) is 0 Å². The Morgan fingerprint density at radius 3 is 1.71 bits per heavy atom. The first-order valence-electron chi connectivity index (χ1n) is 14.8. The number of aliphatic hydroxyl groups is 1. The third-order valence-corrected chi connectivity index (χ3v) is 10.7. The molecule has 1 aromatic heterocycles. The third kappa shape index (κ3) is 4.87. The third-order valence-electron chi connectivity index (χ3n) is 10.7. The average Bonchev–Trinajstić information content (AvgIpc) is 3.13. The number of allylic oxidation sites excluding steroid dienone is 2. The second-order valence-corrected chi connectivity index (χ2v) is 13.5. The molecule has 0 radical (unpaired) electrons. The van der Waals surface area contributed by atoms with Gasteiger partial charge in [0.25, 0.3) is 0 Å². The van der Waals surface area contributed by atoms with Crippen LogP contribution >= 0.6 is 0 Å². The van der Waals surface area contributed by atoms with Gasteiger partial charge in [-0.25, -0.2) is 0 Å². The van der Waals surface area contributed by atoms with Crippen LogP contribution in [-0.4, -0.2) is 15.9 Å². The zero-order valence-corrected chi connectivity index (χ0v) is 25.0. The fourth-order valence-electron chi connectivity index (χ4n) is 9.71. The van der Waals surface area contributed by atoms with E-state index in [9.17, 15) is 4.79 Å². The van der Waals surface area contributed by atoms with Crippen LogP contribution in [0.25, 0.3) is 11.3 Å². The minimum Gasteiger partial charge on any atom is -0.512 e. The topological polar surface area (TPSA) is 50.2 Å². The number of ketones is 1. The minimum absolute atomic E-state index is 0. The summed E-state index contributed by atoms with van der Waals surface area (Å²) < 4.78 is 0. The van der Waals surface area contributed by atoms with E-state index in [0.717, 1.165) is 47.3 Å². The van der Waals surface area contributed by atoms with Crippen molar-refractivity contribution in [3.05, 3.63) is 64.6 Å². The Morgan fingerprint density at radius 1 is 0.763 bits per heavy atom. The fourth-order valence-corrected chi connectivity index (χ4v) is 9.71. The summed E-state index contributed by atoms with van der Waals surface area (Å²) in [5.74, 6) is 7.07. The molecule has 2 aromatic rings. The van der Waals surface area contributed by atoms with Crippen LogP contribution in [0.5, 0.6) is 0 Å². The normalized spacial score (nSPS) is 35.3. The smallest absolute Gasteiger partial charge is 0.155 e. The van der Waals surface area contributed by atoms with Crippen LogP contribution in [0.2, 0.25) is 0 Å². The molecule has 0 spiro atoms. The van der Waals surface area contributed by atoms with E-state index in [4.69, 9.17) is 10.1 Å². The van der Waals surface area contributed by atoms with Gasteiger partial charge >= 0.3 is 0 Å². The summed E-state index contributed by atoms with van der Waals surface area (Å²) in [6.45, 7) is 2.85. The molecule has 4 saturated carbocycles. The first kappa shape index (κ1) is 26.5. The van der Waals surface area contributed by atoms with Gasteiger partial charge in [-0.05, 0) is 129 Å². The van der Waals surface area contributed by atoms with Crippen LogP contribution in [0, 0.1) is 29.7 Å². The summed E-state index contributed by atoms with van der Waals surface area (Å²) in [6, 6.07) is 11.1. The summed E-state index contributed by atoms with van der Waals surface area (Å²) in [7, 11) is 0. The number of benzene rings is 1. The van der Waals surface area contributed by atoms with Gasteiger partial charge in [-0.2, -0.15) is 0 Å². The van der Waals surface area contributed by atoms with Crippen molar-refractivity contribution in [1.29, 1.82) is 0 Å². The Kier molecular flexibility index (Phi) is 7.21. The molecule has 8 aliphatic carbocycles. The van der Waals surface area contributed by atoms with Crippen molar-refractivity contribution in [3.63, 3.8) is 0 Å². The molecule has 10 rings (SSSR count). The monoisotopic (exact) mass is 689 g/mol.